The third-order valence-electron chi connectivity index (χ3n) is 3.16. The molecule has 0 unspecified atom stereocenters. The molecule has 0 aliphatic carbocycles. The maximum absolute atomic E-state index is 10.8. The third kappa shape index (κ3) is 4.61. The van der Waals surface area contributed by atoms with Gasteiger partial charge in [0, 0.05) is 6.54 Å². The summed E-state index contributed by atoms with van der Waals surface area (Å²) in [4.78, 5) is 10.8. The van der Waals surface area contributed by atoms with Crippen molar-refractivity contribution in [3.05, 3.63) is 65.2 Å². The molecule has 110 valence electrons. The van der Waals surface area contributed by atoms with E-state index in [4.69, 9.17) is 9.84 Å². The number of aliphatic carboxylic acids is 1. The minimum Gasteiger partial charge on any atom is -0.489 e. The van der Waals surface area contributed by atoms with Gasteiger partial charge in [0.2, 0.25) is 0 Å². The second-order valence-corrected chi connectivity index (χ2v) is 4.80. The quantitative estimate of drug-likeness (QED) is 0.821. The zero-order valence-electron chi connectivity index (χ0n) is 12.0. The van der Waals surface area contributed by atoms with Gasteiger partial charge in [-0.15, -0.1) is 0 Å². The van der Waals surface area contributed by atoms with E-state index in [2.05, 4.69) is 5.32 Å². The molecule has 0 saturated heterocycles. The molecule has 0 spiro atoms. The Morgan fingerprint density at radius 2 is 1.76 bits per heavy atom. The molecule has 2 rings (SSSR count). The molecule has 2 aromatic carbocycles. The van der Waals surface area contributed by atoms with Gasteiger partial charge in [-0.25, -0.2) is 0 Å². The lowest BCUT2D eigenvalue weighted by atomic mass is 10.1. The van der Waals surface area contributed by atoms with E-state index < -0.39 is 5.97 Å². The van der Waals surface area contributed by atoms with Crippen molar-refractivity contribution in [1.29, 1.82) is 0 Å². The van der Waals surface area contributed by atoms with E-state index in [0.29, 0.717) is 6.61 Å². The fraction of sp³-hybridized carbons (Fsp3) is 0.235. The molecule has 0 aromatic heterocycles. The van der Waals surface area contributed by atoms with Crippen molar-refractivity contribution in [3.8, 4) is 5.75 Å². The summed E-state index contributed by atoms with van der Waals surface area (Å²) >= 11 is 0. The average Bonchev–Trinajstić information content (AvgIpc) is 2.48. The Kier molecular flexibility index (Phi) is 5.35. The molecule has 0 bridgehead atoms. The molecule has 0 radical (unpaired) electrons. The van der Waals surface area contributed by atoms with Crippen molar-refractivity contribution >= 4 is 5.97 Å². The molecule has 0 aliphatic heterocycles. The second kappa shape index (κ2) is 7.45. The third-order valence-corrected chi connectivity index (χ3v) is 3.16. The fourth-order valence-corrected chi connectivity index (χ4v) is 2.10. The summed E-state index contributed by atoms with van der Waals surface area (Å²) in [6.45, 7) is 1.19. The highest BCUT2D eigenvalue weighted by atomic mass is 16.5. The van der Waals surface area contributed by atoms with E-state index in [9.17, 15) is 4.79 Å². The van der Waals surface area contributed by atoms with Crippen LogP contribution in [0.2, 0.25) is 0 Å². The highest BCUT2D eigenvalue weighted by molar-refractivity contribution is 5.70. The molecule has 2 N–H and O–H groups in total. The van der Waals surface area contributed by atoms with Gasteiger partial charge in [0.05, 0.1) is 6.42 Å². The number of carboxylic acid groups (broad SMARTS) is 1. The largest absolute Gasteiger partial charge is 0.489 e. The number of carbonyl (C=O) groups is 1. The number of ether oxygens (including phenoxy) is 1. The maximum Gasteiger partial charge on any atom is 0.307 e. The molecular weight excluding hydrogens is 266 g/mol. The normalized spacial score (nSPS) is 10.3. The smallest absolute Gasteiger partial charge is 0.307 e. The second-order valence-electron chi connectivity index (χ2n) is 4.80. The van der Waals surface area contributed by atoms with Gasteiger partial charge in [-0.3, -0.25) is 4.79 Å². The van der Waals surface area contributed by atoms with E-state index in [1.54, 1.807) is 0 Å². The van der Waals surface area contributed by atoms with Crippen LogP contribution in [-0.2, 0) is 24.4 Å². The van der Waals surface area contributed by atoms with Crippen LogP contribution in [0.3, 0.4) is 0 Å². The molecule has 21 heavy (non-hydrogen) atoms. The number of carboxylic acids is 1. The van der Waals surface area contributed by atoms with E-state index in [1.807, 2.05) is 55.6 Å². The fourth-order valence-electron chi connectivity index (χ4n) is 2.10. The molecule has 0 fully saturated rings. The van der Waals surface area contributed by atoms with Gasteiger partial charge in [0.1, 0.15) is 12.4 Å². The first-order chi connectivity index (χ1) is 10.2. The van der Waals surface area contributed by atoms with Crippen molar-refractivity contribution in [3.63, 3.8) is 0 Å². The predicted octanol–water partition coefficient (Wildman–Crippen LogP) is 2.61. The first-order valence-electron chi connectivity index (χ1n) is 6.84. The Bertz CT molecular complexity index is 593. The predicted molar refractivity (Wildman–Crippen MR) is 81.3 cm³/mol. The van der Waals surface area contributed by atoms with Crippen LogP contribution >= 0.6 is 0 Å². The summed E-state index contributed by atoms with van der Waals surface area (Å²) in [7, 11) is 1.91. The van der Waals surface area contributed by atoms with Gasteiger partial charge in [0.25, 0.3) is 0 Å². The summed E-state index contributed by atoms with van der Waals surface area (Å²) in [5.74, 6) is -0.0566. The minimum absolute atomic E-state index is 0.0145. The first-order valence-corrected chi connectivity index (χ1v) is 6.84. The van der Waals surface area contributed by atoms with Crippen LogP contribution in [0.25, 0.3) is 0 Å². The van der Waals surface area contributed by atoms with Gasteiger partial charge < -0.3 is 15.2 Å². The molecule has 0 amide bonds. The molecule has 0 atom stereocenters. The van der Waals surface area contributed by atoms with Crippen LogP contribution in [0.4, 0.5) is 0 Å². The highest BCUT2D eigenvalue weighted by Crippen LogP contribution is 2.16. The number of hydrogen-bond donors (Lipinski definition) is 2. The number of rotatable bonds is 7. The first kappa shape index (κ1) is 15.1. The Balaban J connectivity index is 2.00. The topological polar surface area (TPSA) is 58.6 Å². The SMILES string of the molecule is CNCc1ccc(OCc2ccccc2CC(=O)O)cc1. The molecule has 0 heterocycles. The van der Waals surface area contributed by atoms with Crippen LogP contribution < -0.4 is 10.1 Å². The van der Waals surface area contributed by atoms with E-state index >= 15 is 0 Å². The Morgan fingerprint density at radius 1 is 1.10 bits per heavy atom. The molecular formula is C17H19NO3. The van der Waals surface area contributed by atoms with Crippen LogP contribution in [0.1, 0.15) is 16.7 Å². The summed E-state index contributed by atoms with van der Waals surface area (Å²) in [5.41, 5.74) is 2.88. The van der Waals surface area contributed by atoms with E-state index in [-0.39, 0.29) is 6.42 Å². The zero-order chi connectivity index (χ0) is 15.1. The Labute approximate surface area is 124 Å². The highest BCUT2D eigenvalue weighted by Gasteiger charge is 2.06. The lowest BCUT2D eigenvalue weighted by Crippen LogP contribution is -2.06. The average molecular weight is 285 g/mol. The van der Waals surface area contributed by atoms with Gasteiger partial charge >= 0.3 is 5.97 Å². The lowest BCUT2D eigenvalue weighted by molar-refractivity contribution is -0.136. The van der Waals surface area contributed by atoms with Gasteiger partial charge in [-0.1, -0.05) is 36.4 Å². The maximum atomic E-state index is 10.8. The number of benzene rings is 2. The van der Waals surface area contributed by atoms with Crippen molar-refractivity contribution in [2.24, 2.45) is 0 Å². The minimum atomic E-state index is -0.834. The van der Waals surface area contributed by atoms with E-state index in [1.165, 1.54) is 5.56 Å². The molecule has 0 aliphatic rings. The van der Waals surface area contributed by atoms with Crippen molar-refractivity contribution < 1.29 is 14.6 Å². The van der Waals surface area contributed by atoms with Crippen LogP contribution in [0, 0.1) is 0 Å². The standard InChI is InChI=1S/C17H19NO3/c1-18-11-13-6-8-16(9-7-13)21-12-15-5-3-2-4-14(15)10-17(19)20/h2-9,18H,10-12H2,1H3,(H,19,20). The molecule has 2 aromatic rings. The molecule has 4 heteroatoms. The monoisotopic (exact) mass is 285 g/mol. The summed E-state index contributed by atoms with van der Waals surface area (Å²) < 4.78 is 5.73. The summed E-state index contributed by atoms with van der Waals surface area (Å²) in [5, 5.41) is 12.0. The zero-order valence-corrected chi connectivity index (χ0v) is 12.0. The molecule has 4 nitrogen and oxygen atoms in total. The summed E-state index contributed by atoms with van der Waals surface area (Å²) in [6.07, 6.45) is 0.0145. The van der Waals surface area contributed by atoms with Crippen molar-refractivity contribution in [1.82, 2.24) is 5.32 Å². The van der Waals surface area contributed by atoms with Gasteiger partial charge in [-0.2, -0.15) is 0 Å². The molecule has 0 saturated carbocycles. The summed E-state index contributed by atoms with van der Waals surface area (Å²) in [6, 6.07) is 15.3. The van der Waals surface area contributed by atoms with E-state index in [0.717, 1.165) is 23.4 Å². The van der Waals surface area contributed by atoms with Gasteiger partial charge in [0.15, 0.2) is 0 Å². The van der Waals surface area contributed by atoms with Crippen LogP contribution in [0.5, 0.6) is 5.75 Å². The Morgan fingerprint density at radius 3 is 2.38 bits per heavy atom. The van der Waals surface area contributed by atoms with Gasteiger partial charge in [-0.05, 0) is 35.9 Å². The van der Waals surface area contributed by atoms with Crippen molar-refractivity contribution in [2.45, 2.75) is 19.6 Å². The lowest BCUT2D eigenvalue weighted by Gasteiger charge is -2.10. The number of hydrogen-bond acceptors (Lipinski definition) is 3. The van der Waals surface area contributed by atoms with Crippen molar-refractivity contribution in [2.75, 3.05) is 7.05 Å². The Hall–Kier alpha value is -2.33. The number of nitrogens with one attached hydrogen (secondary N) is 1. The van der Waals surface area contributed by atoms with Crippen LogP contribution in [0.15, 0.2) is 48.5 Å². The van der Waals surface area contributed by atoms with Crippen LogP contribution in [-0.4, -0.2) is 18.1 Å².